The van der Waals surface area contributed by atoms with Crippen LogP contribution >= 0.6 is 11.6 Å². The van der Waals surface area contributed by atoms with E-state index >= 15 is 0 Å². The van der Waals surface area contributed by atoms with E-state index in [1.165, 1.54) is 35.2 Å². The number of rotatable bonds is 3. The highest BCUT2D eigenvalue weighted by atomic mass is 35.5. The van der Waals surface area contributed by atoms with Crippen molar-refractivity contribution in [3.63, 3.8) is 0 Å². The number of aryl methyl sites for hydroxylation is 1. The van der Waals surface area contributed by atoms with E-state index in [0.717, 1.165) is 47.1 Å². The molecule has 2 heterocycles. The summed E-state index contributed by atoms with van der Waals surface area (Å²) in [6, 6.07) is 18.9. The third-order valence-corrected chi connectivity index (χ3v) is 6.28. The highest BCUT2D eigenvalue weighted by Crippen LogP contribution is 2.36. The molecule has 0 radical (unpaired) electrons. The molecule has 2 aliphatic rings. The second-order valence-electron chi connectivity index (χ2n) is 7.78. The Morgan fingerprint density at radius 1 is 1.00 bits per heavy atom. The van der Waals surface area contributed by atoms with Crippen LogP contribution in [-0.2, 0) is 12.8 Å². The van der Waals surface area contributed by atoms with Crippen molar-refractivity contribution in [3.8, 4) is 11.3 Å². The second-order valence-corrected chi connectivity index (χ2v) is 8.19. The van der Waals surface area contributed by atoms with Crippen LogP contribution in [0.5, 0.6) is 0 Å². The van der Waals surface area contributed by atoms with Gasteiger partial charge in [-0.3, -0.25) is 9.98 Å². The fraction of sp³-hybridized carbons (Fsp3) is 0.280. The summed E-state index contributed by atoms with van der Waals surface area (Å²) in [5, 5.41) is 4.42. The Bertz CT molecular complexity index is 1100. The van der Waals surface area contributed by atoms with Gasteiger partial charge in [-0.05, 0) is 55.4 Å². The Balaban J connectivity index is 1.60. The Hall–Kier alpha value is -2.65. The smallest absolute Gasteiger partial charge is 0.133 e. The lowest BCUT2D eigenvalue weighted by Crippen LogP contribution is -2.16. The molecule has 0 spiro atoms. The highest BCUT2D eigenvalue weighted by molar-refractivity contribution is 6.33. The van der Waals surface area contributed by atoms with Gasteiger partial charge in [0.1, 0.15) is 5.84 Å². The molecule has 0 saturated heterocycles. The predicted octanol–water partition coefficient (Wildman–Crippen LogP) is 6.60. The van der Waals surface area contributed by atoms with E-state index in [1.807, 2.05) is 24.3 Å². The Labute approximate surface area is 176 Å². The third kappa shape index (κ3) is 3.34. The van der Waals surface area contributed by atoms with Gasteiger partial charge in [-0.15, -0.1) is 0 Å². The molecular formula is C25H24ClN3. The molecule has 0 amide bonds. The SMILES string of the molecule is CCC1N=C(Nc2cc(-c3ccccc3Cl)nc3c2CCCC3)c2ccccc21. The summed E-state index contributed by atoms with van der Waals surface area (Å²) in [7, 11) is 0. The number of aliphatic imine (C=N–C) groups is 1. The first kappa shape index (κ1) is 18.4. The maximum absolute atomic E-state index is 6.49. The molecule has 5 rings (SSSR count). The van der Waals surface area contributed by atoms with Crippen LogP contribution in [0, 0.1) is 0 Å². The van der Waals surface area contributed by atoms with Crippen LogP contribution in [0.25, 0.3) is 11.3 Å². The number of hydrogen-bond acceptors (Lipinski definition) is 3. The van der Waals surface area contributed by atoms with Gasteiger partial charge in [0.15, 0.2) is 0 Å². The minimum absolute atomic E-state index is 0.231. The van der Waals surface area contributed by atoms with Crippen LogP contribution in [0.2, 0.25) is 5.02 Å². The van der Waals surface area contributed by atoms with Crippen LogP contribution < -0.4 is 5.32 Å². The van der Waals surface area contributed by atoms with Crippen LogP contribution in [-0.4, -0.2) is 10.8 Å². The largest absolute Gasteiger partial charge is 0.340 e. The van der Waals surface area contributed by atoms with E-state index in [9.17, 15) is 0 Å². The fourth-order valence-corrected chi connectivity index (χ4v) is 4.69. The van der Waals surface area contributed by atoms with Gasteiger partial charge in [-0.1, -0.05) is 61.0 Å². The summed E-state index contributed by atoms with van der Waals surface area (Å²) in [4.78, 5) is 9.99. The van der Waals surface area contributed by atoms with E-state index in [4.69, 9.17) is 21.6 Å². The molecule has 1 aliphatic heterocycles. The molecule has 1 atom stereocenters. The maximum Gasteiger partial charge on any atom is 0.133 e. The molecule has 1 N–H and O–H groups in total. The van der Waals surface area contributed by atoms with Crippen molar-refractivity contribution in [2.45, 2.75) is 45.1 Å². The molecule has 1 unspecified atom stereocenters. The average Bonchev–Trinajstić information content (AvgIpc) is 3.12. The molecule has 146 valence electrons. The maximum atomic E-state index is 6.49. The van der Waals surface area contributed by atoms with Crippen LogP contribution in [0.1, 0.15) is 54.6 Å². The lowest BCUT2D eigenvalue weighted by Gasteiger charge is -2.21. The summed E-state index contributed by atoms with van der Waals surface area (Å²) in [6.07, 6.45) is 5.46. The number of amidine groups is 1. The van der Waals surface area contributed by atoms with Gasteiger partial charge in [-0.2, -0.15) is 0 Å². The molecular weight excluding hydrogens is 378 g/mol. The zero-order valence-corrected chi connectivity index (χ0v) is 17.3. The number of anilines is 1. The number of aromatic nitrogens is 1. The van der Waals surface area contributed by atoms with Crippen LogP contribution in [0.15, 0.2) is 59.6 Å². The molecule has 2 aromatic carbocycles. The number of benzene rings is 2. The number of pyridine rings is 1. The molecule has 1 aromatic heterocycles. The molecule has 3 aromatic rings. The molecule has 3 nitrogen and oxygen atoms in total. The van der Waals surface area contributed by atoms with E-state index in [1.54, 1.807) is 0 Å². The summed E-state index contributed by atoms with van der Waals surface area (Å²) >= 11 is 6.49. The third-order valence-electron chi connectivity index (χ3n) is 5.95. The van der Waals surface area contributed by atoms with Gasteiger partial charge in [0, 0.05) is 27.5 Å². The van der Waals surface area contributed by atoms with E-state index in [0.29, 0.717) is 0 Å². The minimum atomic E-state index is 0.231. The van der Waals surface area contributed by atoms with Crippen molar-refractivity contribution < 1.29 is 0 Å². The molecule has 4 heteroatoms. The van der Waals surface area contributed by atoms with E-state index in [-0.39, 0.29) is 6.04 Å². The fourth-order valence-electron chi connectivity index (χ4n) is 4.46. The molecule has 1 aliphatic carbocycles. The number of nitrogens with zero attached hydrogens (tertiary/aromatic N) is 2. The van der Waals surface area contributed by atoms with Gasteiger partial charge in [0.25, 0.3) is 0 Å². The molecule has 0 fully saturated rings. The lowest BCUT2D eigenvalue weighted by molar-refractivity contribution is 0.670. The van der Waals surface area contributed by atoms with Crippen molar-refractivity contribution in [3.05, 3.63) is 82.0 Å². The van der Waals surface area contributed by atoms with Crippen LogP contribution in [0.3, 0.4) is 0 Å². The Kier molecular flexibility index (Phi) is 4.84. The zero-order valence-electron chi connectivity index (χ0n) is 16.6. The van der Waals surface area contributed by atoms with Gasteiger partial charge >= 0.3 is 0 Å². The molecule has 29 heavy (non-hydrogen) atoms. The number of fused-ring (bicyclic) bond motifs is 2. The van der Waals surface area contributed by atoms with Gasteiger partial charge < -0.3 is 5.32 Å². The Morgan fingerprint density at radius 3 is 2.59 bits per heavy atom. The zero-order chi connectivity index (χ0) is 19.8. The summed E-state index contributed by atoms with van der Waals surface area (Å²) < 4.78 is 0. The predicted molar refractivity (Wildman–Crippen MR) is 121 cm³/mol. The van der Waals surface area contributed by atoms with Gasteiger partial charge in [0.2, 0.25) is 0 Å². The summed E-state index contributed by atoms with van der Waals surface area (Å²) in [5.74, 6) is 0.969. The van der Waals surface area contributed by atoms with Gasteiger partial charge in [-0.25, -0.2) is 0 Å². The lowest BCUT2D eigenvalue weighted by atomic mass is 9.93. The average molecular weight is 402 g/mol. The highest BCUT2D eigenvalue weighted by Gasteiger charge is 2.25. The van der Waals surface area contributed by atoms with Crippen molar-refractivity contribution in [1.82, 2.24) is 4.98 Å². The number of halogens is 1. The van der Waals surface area contributed by atoms with Crippen molar-refractivity contribution >= 4 is 23.1 Å². The number of hydrogen-bond donors (Lipinski definition) is 1. The molecule has 0 bridgehead atoms. The van der Waals surface area contributed by atoms with E-state index < -0.39 is 0 Å². The van der Waals surface area contributed by atoms with Gasteiger partial charge in [0.05, 0.1) is 11.7 Å². The quantitative estimate of drug-likeness (QED) is 0.536. The standard InChI is InChI=1S/C25H24ClN3/c1-2-21-16-9-3-4-10-17(16)25(28-21)29-24-15-23(18-11-5-7-13-20(18)26)27-22-14-8-6-12-19(22)24/h3-5,7,9-11,13,15,21H,2,6,8,12,14H2,1H3,(H,27,28,29). The monoisotopic (exact) mass is 401 g/mol. The second kappa shape index (κ2) is 7.64. The first-order valence-corrected chi connectivity index (χ1v) is 10.8. The summed E-state index contributed by atoms with van der Waals surface area (Å²) in [5.41, 5.74) is 8.06. The van der Waals surface area contributed by atoms with Crippen molar-refractivity contribution in [2.75, 3.05) is 5.32 Å². The summed E-state index contributed by atoms with van der Waals surface area (Å²) in [6.45, 7) is 2.19. The Morgan fingerprint density at radius 2 is 1.76 bits per heavy atom. The number of nitrogens with one attached hydrogen (secondary N) is 1. The van der Waals surface area contributed by atoms with E-state index in [2.05, 4.69) is 42.6 Å². The van der Waals surface area contributed by atoms with Crippen molar-refractivity contribution in [1.29, 1.82) is 0 Å². The van der Waals surface area contributed by atoms with Crippen molar-refractivity contribution in [2.24, 2.45) is 4.99 Å². The minimum Gasteiger partial charge on any atom is -0.340 e. The van der Waals surface area contributed by atoms with Crippen LogP contribution in [0.4, 0.5) is 5.69 Å². The first-order valence-electron chi connectivity index (χ1n) is 10.5. The molecule has 0 saturated carbocycles. The normalized spacial score (nSPS) is 17.4. The first-order chi connectivity index (χ1) is 14.2. The topological polar surface area (TPSA) is 37.3 Å².